The quantitative estimate of drug-likeness (QED) is 0.909. The molecule has 116 valence electrons. The third-order valence-corrected chi connectivity index (χ3v) is 6.20. The summed E-state index contributed by atoms with van der Waals surface area (Å²) in [6.07, 6.45) is 5.94. The van der Waals surface area contributed by atoms with Crippen molar-refractivity contribution in [3.05, 3.63) is 21.9 Å². The number of carbonyl (C=O) groups is 1. The molecule has 2 N–H and O–H groups in total. The molecule has 3 nitrogen and oxygen atoms in total. The third-order valence-electron chi connectivity index (χ3n) is 5.20. The molecule has 3 rings (SSSR count). The molecule has 0 spiro atoms. The SMILES string of the molecule is CCC1c2ccsc2CCN1C(=O)C1(N)CCCC(C)C1. The molecule has 3 unspecified atom stereocenters. The summed E-state index contributed by atoms with van der Waals surface area (Å²) in [4.78, 5) is 16.7. The van der Waals surface area contributed by atoms with Crippen molar-refractivity contribution >= 4 is 17.2 Å². The zero-order valence-electron chi connectivity index (χ0n) is 13.1. The van der Waals surface area contributed by atoms with Crippen molar-refractivity contribution < 1.29 is 4.79 Å². The number of carbonyl (C=O) groups excluding carboxylic acids is 1. The summed E-state index contributed by atoms with van der Waals surface area (Å²) in [5, 5.41) is 2.15. The lowest BCUT2D eigenvalue weighted by Gasteiger charge is -2.43. The van der Waals surface area contributed by atoms with E-state index in [1.54, 1.807) is 0 Å². The van der Waals surface area contributed by atoms with E-state index in [0.717, 1.165) is 38.6 Å². The second-order valence-electron chi connectivity index (χ2n) is 6.83. The Morgan fingerprint density at radius 2 is 2.38 bits per heavy atom. The van der Waals surface area contributed by atoms with E-state index >= 15 is 0 Å². The predicted molar refractivity (Wildman–Crippen MR) is 87.3 cm³/mol. The van der Waals surface area contributed by atoms with E-state index in [2.05, 4.69) is 30.2 Å². The van der Waals surface area contributed by atoms with Crippen LogP contribution in [0.15, 0.2) is 11.4 Å². The van der Waals surface area contributed by atoms with Crippen LogP contribution in [0.1, 0.15) is 62.4 Å². The summed E-state index contributed by atoms with van der Waals surface area (Å²) in [5.41, 5.74) is 7.28. The normalized spacial score (nSPS) is 32.8. The van der Waals surface area contributed by atoms with Gasteiger partial charge in [0.15, 0.2) is 0 Å². The molecule has 0 bridgehead atoms. The molecular formula is C17H26N2OS. The maximum Gasteiger partial charge on any atom is 0.243 e. The van der Waals surface area contributed by atoms with E-state index in [-0.39, 0.29) is 11.9 Å². The van der Waals surface area contributed by atoms with Gasteiger partial charge in [0.05, 0.1) is 11.6 Å². The lowest BCUT2D eigenvalue weighted by molar-refractivity contribution is -0.142. The smallest absolute Gasteiger partial charge is 0.243 e. The number of fused-ring (bicyclic) bond motifs is 1. The zero-order valence-corrected chi connectivity index (χ0v) is 13.9. The molecule has 1 aliphatic carbocycles. The molecule has 2 aliphatic rings. The molecule has 1 aliphatic heterocycles. The van der Waals surface area contributed by atoms with Crippen molar-refractivity contribution in [3.63, 3.8) is 0 Å². The summed E-state index contributed by atoms with van der Waals surface area (Å²) in [6, 6.07) is 2.42. The Morgan fingerprint density at radius 1 is 1.57 bits per heavy atom. The highest BCUT2D eigenvalue weighted by Gasteiger charge is 2.43. The predicted octanol–water partition coefficient (Wildman–Crippen LogP) is 3.49. The van der Waals surface area contributed by atoms with Crippen LogP contribution in [0.2, 0.25) is 0 Å². The van der Waals surface area contributed by atoms with E-state index in [1.807, 2.05) is 11.3 Å². The van der Waals surface area contributed by atoms with Crippen molar-refractivity contribution in [1.29, 1.82) is 0 Å². The lowest BCUT2D eigenvalue weighted by atomic mass is 9.75. The standard InChI is InChI=1S/C17H26N2OS/c1-3-14-13-7-10-21-15(13)6-9-19(14)16(20)17(18)8-4-5-12(2)11-17/h7,10,12,14H,3-6,8-9,11,18H2,1-2H3. The van der Waals surface area contributed by atoms with Gasteiger partial charge in [-0.3, -0.25) is 4.79 Å². The van der Waals surface area contributed by atoms with Crippen LogP contribution in [0, 0.1) is 5.92 Å². The first-order chi connectivity index (χ1) is 10.0. The maximum absolute atomic E-state index is 13.1. The van der Waals surface area contributed by atoms with Crippen LogP contribution < -0.4 is 5.73 Å². The number of nitrogens with zero attached hydrogens (tertiary/aromatic N) is 1. The Balaban J connectivity index is 1.84. The van der Waals surface area contributed by atoms with Gasteiger partial charge in [-0.2, -0.15) is 0 Å². The minimum atomic E-state index is -0.626. The molecule has 0 radical (unpaired) electrons. The van der Waals surface area contributed by atoms with Crippen molar-refractivity contribution in [1.82, 2.24) is 4.90 Å². The van der Waals surface area contributed by atoms with Crippen molar-refractivity contribution in [2.45, 2.75) is 64.0 Å². The maximum atomic E-state index is 13.1. The van der Waals surface area contributed by atoms with Crippen molar-refractivity contribution in [2.24, 2.45) is 11.7 Å². The first-order valence-electron chi connectivity index (χ1n) is 8.21. The molecule has 1 aromatic rings. The van der Waals surface area contributed by atoms with E-state index in [9.17, 15) is 4.79 Å². The van der Waals surface area contributed by atoms with E-state index in [4.69, 9.17) is 5.73 Å². The lowest BCUT2D eigenvalue weighted by Crippen LogP contribution is -2.58. The summed E-state index contributed by atoms with van der Waals surface area (Å²) in [6.45, 7) is 5.22. The highest BCUT2D eigenvalue weighted by atomic mass is 32.1. The Labute approximate surface area is 131 Å². The number of nitrogens with two attached hydrogens (primary N) is 1. The number of rotatable bonds is 2. The van der Waals surface area contributed by atoms with Gasteiger partial charge in [-0.05, 0) is 48.6 Å². The molecule has 1 fully saturated rings. The molecule has 3 atom stereocenters. The fourth-order valence-electron chi connectivity index (χ4n) is 4.15. The van der Waals surface area contributed by atoms with Crippen molar-refractivity contribution in [2.75, 3.05) is 6.54 Å². The molecule has 0 saturated heterocycles. The van der Waals surface area contributed by atoms with Gasteiger partial charge in [0.1, 0.15) is 0 Å². The van der Waals surface area contributed by atoms with Gasteiger partial charge >= 0.3 is 0 Å². The number of hydrogen-bond donors (Lipinski definition) is 1. The van der Waals surface area contributed by atoms with Crippen LogP contribution in [-0.2, 0) is 11.2 Å². The van der Waals surface area contributed by atoms with E-state index in [0.29, 0.717) is 5.92 Å². The van der Waals surface area contributed by atoms with Gasteiger partial charge in [-0.25, -0.2) is 0 Å². The largest absolute Gasteiger partial charge is 0.334 e. The van der Waals surface area contributed by atoms with Crippen LogP contribution >= 0.6 is 11.3 Å². The van der Waals surface area contributed by atoms with Crippen LogP contribution in [0.5, 0.6) is 0 Å². The molecule has 0 aromatic carbocycles. The van der Waals surface area contributed by atoms with E-state index < -0.39 is 5.54 Å². The number of thiophene rings is 1. The van der Waals surface area contributed by atoms with Gasteiger partial charge in [-0.15, -0.1) is 11.3 Å². The second-order valence-corrected chi connectivity index (χ2v) is 7.83. The Bertz CT molecular complexity index is 527. The minimum absolute atomic E-state index is 0.192. The molecule has 1 amide bonds. The highest BCUT2D eigenvalue weighted by molar-refractivity contribution is 7.10. The average Bonchev–Trinajstić information content (AvgIpc) is 2.93. The Morgan fingerprint density at radius 3 is 3.10 bits per heavy atom. The fourth-order valence-corrected chi connectivity index (χ4v) is 5.08. The first kappa shape index (κ1) is 15.0. The van der Waals surface area contributed by atoms with Crippen molar-refractivity contribution in [3.8, 4) is 0 Å². The zero-order chi connectivity index (χ0) is 15.0. The monoisotopic (exact) mass is 306 g/mol. The summed E-state index contributed by atoms with van der Waals surface area (Å²) < 4.78 is 0. The fraction of sp³-hybridized carbons (Fsp3) is 0.706. The summed E-state index contributed by atoms with van der Waals surface area (Å²) in [7, 11) is 0. The molecule has 1 aromatic heterocycles. The molecule has 1 saturated carbocycles. The van der Waals surface area contributed by atoms with Crippen LogP contribution in [0.3, 0.4) is 0 Å². The topological polar surface area (TPSA) is 46.3 Å². The van der Waals surface area contributed by atoms with Gasteiger partial charge in [0, 0.05) is 11.4 Å². The number of hydrogen-bond acceptors (Lipinski definition) is 3. The van der Waals surface area contributed by atoms with E-state index in [1.165, 1.54) is 16.9 Å². The summed E-state index contributed by atoms with van der Waals surface area (Å²) in [5.74, 6) is 0.757. The average molecular weight is 306 g/mol. The summed E-state index contributed by atoms with van der Waals surface area (Å²) >= 11 is 1.82. The number of amides is 1. The minimum Gasteiger partial charge on any atom is -0.334 e. The highest BCUT2D eigenvalue weighted by Crippen LogP contribution is 2.39. The Hall–Kier alpha value is -0.870. The van der Waals surface area contributed by atoms with Gasteiger partial charge in [0.25, 0.3) is 0 Å². The van der Waals surface area contributed by atoms with Crippen LogP contribution in [-0.4, -0.2) is 22.9 Å². The molecule has 21 heavy (non-hydrogen) atoms. The van der Waals surface area contributed by atoms with Crippen LogP contribution in [0.4, 0.5) is 0 Å². The van der Waals surface area contributed by atoms with Gasteiger partial charge < -0.3 is 10.6 Å². The van der Waals surface area contributed by atoms with Gasteiger partial charge in [-0.1, -0.05) is 26.7 Å². The first-order valence-corrected chi connectivity index (χ1v) is 9.09. The molecule has 2 heterocycles. The Kier molecular flexibility index (Phi) is 4.10. The third kappa shape index (κ3) is 2.64. The molecule has 4 heteroatoms. The van der Waals surface area contributed by atoms with Crippen LogP contribution in [0.25, 0.3) is 0 Å². The molecular weight excluding hydrogens is 280 g/mol. The second kappa shape index (κ2) is 5.73. The van der Waals surface area contributed by atoms with Gasteiger partial charge in [0.2, 0.25) is 5.91 Å².